The highest BCUT2D eigenvalue weighted by molar-refractivity contribution is 5.09. The lowest BCUT2D eigenvalue weighted by molar-refractivity contribution is -0.114. The van der Waals surface area contributed by atoms with Crippen LogP contribution in [-0.2, 0) is 0 Å². The van der Waals surface area contributed by atoms with Gasteiger partial charge in [-0.2, -0.15) is 0 Å². The molecule has 0 aromatic carbocycles. The number of rotatable bonds is 4. The summed E-state index contributed by atoms with van der Waals surface area (Å²) in [4.78, 5) is 0. The molecule has 1 unspecified atom stereocenters. The summed E-state index contributed by atoms with van der Waals surface area (Å²) in [6.07, 6.45) is 18.4. The third-order valence-electron chi connectivity index (χ3n) is 11.9. The minimum Gasteiger partial charge on any atom is -0.0622 e. The van der Waals surface area contributed by atoms with Crippen molar-refractivity contribution in [2.75, 3.05) is 0 Å². The van der Waals surface area contributed by atoms with Gasteiger partial charge in [-0.15, -0.1) is 0 Å². The molecule has 4 fully saturated rings. The Morgan fingerprint density at radius 1 is 0.759 bits per heavy atom. The molecule has 0 N–H and O–H groups in total. The lowest BCUT2D eigenvalue weighted by atomic mass is 9.44. The maximum absolute atomic E-state index is 2.75. The summed E-state index contributed by atoms with van der Waals surface area (Å²) in [5, 5.41) is 0. The van der Waals surface area contributed by atoms with E-state index in [0.29, 0.717) is 16.2 Å². The minimum atomic E-state index is 0.466. The van der Waals surface area contributed by atoms with Crippen molar-refractivity contribution in [1.82, 2.24) is 0 Å². The zero-order valence-electron chi connectivity index (χ0n) is 21.0. The van der Waals surface area contributed by atoms with Crippen LogP contribution in [0.2, 0.25) is 0 Å². The first-order chi connectivity index (χ1) is 13.6. The van der Waals surface area contributed by atoms with E-state index in [-0.39, 0.29) is 0 Å². The van der Waals surface area contributed by atoms with Crippen molar-refractivity contribution in [3.05, 3.63) is 0 Å². The molecule has 0 aliphatic heterocycles. The Labute approximate surface area is 183 Å². The molecule has 0 radical (unpaired) electrons. The van der Waals surface area contributed by atoms with Gasteiger partial charge in [-0.3, -0.25) is 0 Å². The Balaban J connectivity index is 1.45. The van der Waals surface area contributed by atoms with E-state index in [1.165, 1.54) is 32.1 Å². The van der Waals surface area contributed by atoms with Crippen LogP contribution in [0.3, 0.4) is 0 Å². The fourth-order valence-corrected chi connectivity index (χ4v) is 9.42. The molecule has 4 aliphatic carbocycles. The third-order valence-corrected chi connectivity index (χ3v) is 11.9. The van der Waals surface area contributed by atoms with Gasteiger partial charge in [0.1, 0.15) is 0 Å². The highest BCUT2D eigenvalue weighted by atomic mass is 14.6. The molecule has 29 heavy (non-hydrogen) atoms. The molecule has 0 bridgehead atoms. The highest BCUT2D eigenvalue weighted by Crippen LogP contribution is 2.68. The van der Waals surface area contributed by atoms with Crippen LogP contribution in [0.5, 0.6) is 0 Å². The average Bonchev–Trinajstić information content (AvgIpc) is 3.01. The normalized spacial score (nSPS) is 47.1. The van der Waals surface area contributed by atoms with E-state index in [2.05, 4.69) is 48.5 Å². The van der Waals surface area contributed by atoms with Gasteiger partial charge in [-0.05, 0) is 115 Å². The Bertz CT molecular complexity index is 569. The minimum absolute atomic E-state index is 0.466. The van der Waals surface area contributed by atoms with Gasteiger partial charge in [0.05, 0.1) is 0 Å². The lowest BCUT2D eigenvalue weighted by Crippen LogP contribution is -2.53. The molecule has 4 saturated carbocycles. The summed E-state index contributed by atoms with van der Waals surface area (Å²) in [5.74, 6) is 7.01. The number of hydrogen-bond donors (Lipinski definition) is 0. The maximum atomic E-state index is 2.75. The molecule has 4 aliphatic rings. The molecule has 4 rings (SSSR count). The molecule has 0 nitrogen and oxygen atoms in total. The molecule has 0 amide bonds. The van der Waals surface area contributed by atoms with Crippen molar-refractivity contribution in [2.24, 2.45) is 57.7 Å². The van der Waals surface area contributed by atoms with Crippen LogP contribution < -0.4 is 0 Å². The van der Waals surface area contributed by atoms with E-state index in [1.54, 1.807) is 44.9 Å². The summed E-state index contributed by atoms with van der Waals surface area (Å²) in [6.45, 7) is 17.9. The van der Waals surface area contributed by atoms with Crippen molar-refractivity contribution >= 4 is 0 Å². The molecule has 0 aromatic rings. The van der Waals surface area contributed by atoms with Crippen molar-refractivity contribution < 1.29 is 0 Å². The highest BCUT2D eigenvalue weighted by Gasteiger charge is 2.60. The van der Waals surface area contributed by atoms with E-state index in [0.717, 1.165) is 41.4 Å². The van der Waals surface area contributed by atoms with Gasteiger partial charge in [0.25, 0.3) is 0 Å². The topological polar surface area (TPSA) is 0 Å². The van der Waals surface area contributed by atoms with Gasteiger partial charge in [-0.25, -0.2) is 0 Å². The monoisotopic (exact) mass is 400 g/mol. The van der Waals surface area contributed by atoms with Crippen LogP contribution in [0.15, 0.2) is 0 Å². The van der Waals surface area contributed by atoms with Gasteiger partial charge >= 0.3 is 0 Å². The Morgan fingerprint density at radius 3 is 2.21 bits per heavy atom. The van der Waals surface area contributed by atoms with E-state index < -0.39 is 0 Å². The van der Waals surface area contributed by atoms with Gasteiger partial charge in [0, 0.05) is 0 Å². The van der Waals surface area contributed by atoms with Gasteiger partial charge in [0.2, 0.25) is 0 Å². The van der Waals surface area contributed by atoms with Crippen LogP contribution in [0.1, 0.15) is 126 Å². The second-order valence-corrected chi connectivity index (χ2v) is 14.0. The second-order valence-electron chi connectivity index (χ2n) is 14.0. The van der Waals surface area contributed by atoms with Crippen LogP contribution in [0, 0.1) is 57.7 Å². The first kappa shape index (κ1) is 22.2. The smallest absolute Gasteiger partial charge is 0.0264 e. The predicted molar refractivity (Wildman–Crippen MR) is 127 cm³/mol. The van der Waals surface area contributed by atoms with Gasteiger partial charge < -0.3 is 0 Å². The standard InChI is InChI=1S/C29H52/c1-20(11-12-21(2)27(3,4)5)24-15-16-25-23-14-13-22-10-8-9-18-28(22,6)26(23)17-19-29(24,25)7/h20-26H,8-19H2,1-7H3/t20-,21-,22?,23+,24-,25+,26+,28+,29-/m1/s1. The van der Waals surface area contributed by atoms with E-state index in [1.807, 2.05) is 0 Å². The van der Waals surface area contributed by atoms with Crippen LogP contribution in [-0.4, -0.2) is 0 Å². The quantitative estimate of drug-likeness (QED) is 0.441. The van der Waals surface area contributed by atoms with Gasteiger partial charge in [0.15, 0.2) is 0 Å². The molecule has 0 spiro atoms. The third kappa shape index (κ3) is 3.75. The SMILES string of the molecule is C[C@H](CC[C@@H](C)C(C)(C)C)[C@H]1CC[C@H]2[C@@H]3CCC4CCCC[C@]4(C)[C@H]3CC[C@]12C. The van der Waals surface area contributed by atoms with Crippen LogP contribution in [0.25, 0.3) is 0 Å². The summed E-state index contributed by atoms with van der Waals surface area (Å²) in [5.41, 5.74) is 1.83. The van der Waals surface area contributed by atoms with Crippen molar-refractivity contribution in [3.63, 3.8) is 0 Å². The Kier molecular flexibility index (Phi) is 6.01. The second kappa shape index (κ2) is 7.85. The zero-order chi connectivity index (χ0) is 21.0. The first-order valence-electron chi connectivity index (χ1n) is 13.6. The molecular formula is C29H52. The molecule has 0 heterocycles. The fourth-order valence-electron chi connectivity index (χ4n) is 9.42. The lowest BCUT2D eigenvalue weighted by Gasteiger charge is -2.61. The van der Waals surface area contributed by atoms with Crippen molar-refractivity contribution in [1.29, 1.82) is 0 Å². The largest absolute Gasteiger partial charge is 0.0622 e. The Hall–Kier alpha value is 0. The van der Waals surface area contributed by atoms with Crippen molar-refractivity contribution in [2.45, 2.75) is 126 Å². The first-order valence-corrected chi connectivity index (χ1v) is 13.6. The Morgan fingerprint density at radius 2 is 1.48 bits per heavy atom. The summed E-state index contributed by atoms with van der Waals surface area (Å²) in [6, 6.07) is 0. The maximum Gasteiger partial charge on any atom is -0.0264 e. The average molecular weight is 401 g/mol. The van der Waals surface area contributed by atoms with Crippen molar-refractivity contribution in [3.8, 4) is 0 Å². The van der Waals surface area contributed by atoms with E-state index >= 15 is 0 Å². The molecule has 168 valence electrons. The van der Waals surface area contributed by atoms with Crippen LogP contribution in [0.4, 0.5) is 0 Å². The van der Waals surface area contributed by atoms with Crippen LogP contribution >= 0.6 is 0 Å². The van der Waals surface area contributed by atoms with Gasteiger partial charge in [-0.1, -0.05) is 67.7 Å². The fraction of sp³-hybridized carbons (Fsp3) is 1.00. The zero-order valence-corrected chi connectivity index (χ0v) is 21.0. The number of hydrogen-bond acceptors (Lipinski definition) is 0. The summed E-state index contributed by atoms with van der Waals surface area (Å²) >= 11 is 0. The molecule has 0 heteroatoms. The summed E-state index contributed by atoms with van der Waals surface area (Å²) in [7, 11) is 0. The van der Waals surface area contributed by atoms with E-state index in [4.69, 9.17) is 0 Å². The predicted octanol–water partition coefficient (Wildman–Crippen LogP) is 9.13. The molecule has 0 aromatic heterocycles. The number of fused-ring (bicyclic) bond motifs is 5. The van der Waals surface area contributed by atoms with E-state index in [9.17, 15) is 0 Å². The molecule has 0 saturated heterocycles. The molecular weight excluding hydrogens is 348 g/mol. The molecule has 9 atom stereocenters. The summed E-state index contributed by atoms with van der Waals surface area (Å²) < 4.78 is 0.